The van der Waals surface area contributed by atoms with Crippen molar-refractivity contribution in [2.24, 2.45) is 0 Å². The molecule has 0 saturated heterocycles. The van der Waals surface area contributed by atoms with Crippen LogP contribution in [0.4, 0.5) is 4.39 Å². The predicted molar refractivity (Wildman–Crippen MR) is 99.0 cm³/mol. The minimum Gasteiger partial charge on any atom is -0.293 e. The third kappa shape index (κ3) is 4.29. The Kier molecular flexibility index (Phi) is 5.20. The minimum absolute atomic E-state index is 0.342. The van der Waals surface area contributed by atoms with E-state index in [1.54, 1.807) is 23.0 Å². The van der Waals surface area contributed by atoms with Gasteiger partial charge in [0.1, 0.15) is 10.7 Å². The van der Waals surface area contributed by atoms with Gasteiger partial charge in [-0.05, 0) is 55.3 Å². The van der Waals surface area contributed by atoms with Gasteiger partial charge in [-0.25, -0.2) is 22.2 Å². The number of aromatic nitrogens is 2. The van der Waals surface area contributed by atoms with Crippen molar-refractivity contribution in [2.75, 3.05) is 6.54 Å². The lowest BCUT2D eigenvalue weighted by atomic mass is 10.1. The monoisotopic (exact) mass is 387 g/mol. The van der Waals surface area contributed by atoms with Gasteiger partial charge in [-0.3, -0.25) is 4.79 Å². The maximum Gasteiger partial charge on any atom is 0.243 e. The summed E-state index contributed by atoms with van der Waals surface area (Å²) in [5.41, 5.74) is 2.85. The molecular formula is C19H18FN3O3S. The molecule has 3 aromatic rings. The SMILES string of the molecule is Cc1cc(C(=O)CNS(=O)(=O)c2ccccc2F)cc(-n2cc(C)cn2)c1. The molecule has 0 bridgehead atoms. The topological polar surface area (TPSA) is 81.1 Å². The fourth-order valence-corrected chi connectivity index (χ4v) is 3.67. The van der Waals surface area contributed by atoms with Crippen LogP contribution < -0.4 is 4.72 Å². The van der Waals surface area contributed by atoms with E-state index in [-0.39, 0.29) is 0 Å². The highest BCUT2D eigenvalue weighted by atomic mass is 32.2. The summed E-state index contributed by atoms with van der Waals surface area (Å²) in [5.74, 6) is -1.30. The number of carbonyl (C=O) groups excluding carboxylic acids is 1. The summed E-state index contributed by atoms with van der Waals surface area (Å²) < 4.78 is 42.0. The number of rotatable bonds is 6. The molecule has 0 atom stereocenters. The first-order valence-corrected chi connectivity index (χ1v) is 9.65. The van der Waals surface area contributed by atoms with Gasteiger partial charge in [-0.15, -0.1) is 0 Å². The first-order chi connectivity index (χ1) is 12.8. The smallest absolute Gasteiger partial charge is 0.243 e. The summed E-state index contributed by atoms with van der Waals surface area (Å²) in [6, 6.07) is 10.2. The Morgan fingerprint density at radius 2 is 1.89 bits per heavy atom. The highest BCUT2D eigenvalue weighted by molar-refractivity contribution is 7.89. The molecule has 140 valence electrons. The van der Waals surface area contributed by atoms with Crippen molar-refractivity contribution in [2.45, 2.75) is 18.7 Å². The molecule has 27 heavy (non-hydrogen) atoms. The van der Waals surface area contributed by atoms with Crippen LogP contribution in [0.2, 0.25) is 0 Å². The summed E-state index contributed by atoms with van der Waals surface area (Å²) in [6.45, 7) is 3.26. The summed E-state index contributed by atoms with van der Waals surface area (Å²) in [4.78, 5) is 12.0. The van der Waals surface area contributed by atoms with E-state index in [9.17, 15) is 17.6 Å². The van der Waals surface area contributed by atoms with Gasteiger partial charge >= 0.3 is 0 Å². The molecule has 1 N–H and O–H groups in total. The Bertz CT molecular complexity index is 1110. The van der Waals surface area contributed by atoms with E-state index < -0.39 is 33.1 Å². The van der Waals surface area contributed by atoms with Gasteiger partial charge in [0, 0.05) is 11.8 Å². The Morgan fingerprint density at radius 1 is 1.15 bits per heavy atom. The van der Waals surface area contributed by atoms with Crippen molar-refractivity contribution in [3.8, 4) is 5.69 Å². The van der Waals surface area contributed by atoms with Crippen molar-refractivity contribution < 1.29 is 17.6 Å². The first-order valence-electron chi connectivity index (χ1n) is 8.17. The van der Waals surface area contributed by atoms with E-state index >= 15 is 0 Å². The Balaban J connectivity index is 1.81. The molecule has 3 rings (SSSR count). The molecular weight excluding hydrogens is 369 g/mol. The van der Waals surface area contributed by atoms with Gasteiger partial charge in [0.05, 0.1) is 18.4 Å². The van der Waals surface area contributed by atoms with Crippen molar-refractivity contribution in [3.63, 3.8) is 0 Å². The minimum atomic E-state index is -4.13. The normalized spacial score (nSPS) is 11.5. The number of hydrogen-bond donors (Lipinski definition) is 1. The molecule has 1 aromatic heterocycles. The molecule has 0 spiro atoms. The van der Waals surface area contributed by atoms with Crippen molar-refractivity contribution >= 4 is 15.8 Å². The second-order valence-electron chi connectivity index (χ2n) is 6.20. The molecule has 2 aromatic carbocycles. The van der Waals surface area contributed by atoms with E-state index in [4.69, 9.17) is 0 Å². The van der Waals surface area contributed by atoms with E-state index in [0.717, 1.165) is 23.3 Å². The highest BCUT2D eigenvalue weighted by Crippen LogP contribution is 2.16. The van der Waals surface area contributed by atoms with Gasteiger partial charge in [0.15, 0.2) is 5.78 Å². The molecule has 0 aliphatic carbocycles. The molecule has 1 heterocycles. The molecule has 0 saturated carbocycles. The van der Waals surface area contributed by atoms with Crippen LogP contribution >= 0.6 is 0 Å². The predicted octanol–water partition coefficient (Wildman–Crippen LogP) is 2.79. The van der Waals surface area contributed by atoms with Crippen molar-refractivity contribution in [1.29, 1.82) is 0 Å². The molecule has 0 unspecified atom stereocenters. The van der Waals surface area contributed by atoms with Crippen LogP contribution in [0.1, 0.15) is 21.5 Å². The van der Waals surface area contributed by atoms with E-state index in [1.165, 1.54) is 12.1 Å². The highest BCUT2D eigenvalue weighted by Gasteiger charge is 2.20. The Morgan fingerprint density at radius 3 is 2.56 bits per heavy atom. The van der Waals surface area contributed by atoms with Gasteiger partial charge in [0.25, 0.3) is 0 Å². The standard InChI is InChI=1S/C19H18FN3O3S/c1-13-7-15(9-16(8-13)23-12-14(2)10-21-23)18(24)11-22-27(25,26)19-6-4-3-5-17(19)20/h3-10,12,22H,11H2,1-2H3. The van der Waals surface area contributed by atoms with E-state index in [1.807, 2.05) is 26.1 Å². The lowest BCUT2D eigenvalue weighted by Gasteiger charge is -2.09. The quantitative estimate of drug-likeness (QED) is 0.660. The van der Waals surface area contributed by atoms with Crippen LogP contribution in [0.25, 0.3) is 5.69 Å². The first kappa shape index (κ1) is 18.9. The molecule has 0 aliphatic rings. The fraction of sp³-hybridized carbons (Fsp3) is 0.158. The summed E-state index contributed by atoms with van der Waals surface area (Å²) in [6.07, 6.45) is 3.52. The maximum atomic E-state index is 13.7. The van der Waals surface area contributed by atoms with Gasteiger partial charge < -0.3 is 0 Å². The number of carbonyl (C=O) groups is 1. The van der Waals surface area contributed by atoms with Crippen LogP contribution in [-0.4, -0.2) is 30.5 Å². The van der Waals surface area contributed by atoms with Crippen LogP contribution in [0.5, 0.6) is 0 Å². The zero-order valence-electron chi connectivity index (χ0n) is 14.8. The molecule has 0 aliphatic heterocycles. The number of Topliss-reactive ketones (excluding diaryl/α,β-unsaturated/α-hetero) is 1. The number of halogens is 1. The van der Waals surface area contributed by atoms with Crippen molar-refractivity contribution in [3.05, 3.63) is 77.4 Å². The third-order valence-electron chi connectivity index (χ3n) is 3.91. The molecule has 0 amide bonds. The number of nitrogens with one attached hydrogen (secondary N) is 1. The zero-order valence-corrected chi connectivity index (χ0v) is 15.6. The number of nitrogens with zero attached hydrogens (tertiary/aromatic N) is 2. The second-order valence-corrected chi connectivity index (χ2v) is 7.93. The molecule has 0 fully saturated rings. The van der Waals surface area contributed by atoms with Gasteiger partial charge in [-0.2, -0.15) is 5.10 Å². The summed E-state index contributed by atoms with van der Waals surface area (Å²) in [7, 11) is -4.13. The van der Waals surface area contributed by atoms with Crippen LogP contribution in [0.15, 0.2) is 59.8 Å². The number of sulfonamides is 1. The Labute approximate surface area is 156 Å². The largest absolute Gasteiger partial charge is 0.293 e. The maximum absolute atomic E-state index is 13.7. The van der Waals surface area contributed by atoms with Crippen molar-refractivity contribution in [1.82, 2.24) is 14.5 Å². The number of ketones is 1. The summed E-state index contributed by atoms with van der Waals surface area (Å²) >= 11 is 0. The van der Waals surface area contributed by atoms with Gasteiger partial charge in [-0.1, -0.05) is 12.1 Å². The second kappa shape index (κ2) is 7.42. The number of aryl methyl sites for hydroxylation is 2. The summed E-state index contributed by atoms with van der Waals surface area (Å²) in [5, 5.41) is 4.21. The zero-order chi connectivity index (χ0) is 19.6. The lowest BCUT2D eigenvalue weighted by Crippen LogP contribution is -2.30. The average molecular weight is 387 g/mol. The van der Waals surface area contributed by atoms with Crippen LogP contribution in [-0.2, 0) is 10.0 Å². The van der Waals surface area contributed by atoms with E-state index in [2.05, 4.69) is 9.82 Å². The molecule has 6 nitrogen and oxygen atoms in total. The third-order valence-corrected chi connectivity index (χ3v) is 5.34. The number of benzene rings is 2. The lowest BCUT2D eigenvalue weighted by molar-refractivity contribution is 0.0997. The average Bonchev–Trinajstić information content (AvgIpc) is 3.06. The van der Waals surface area contributed by atoms with Crippen LogP contribution in [0.3, 0.4) is 0 Å². The Hall–Kier alpha value is -2.84. The van der Waals surface area contributed by atoms with Crippen LogP contribution in [0, 0.1) is 19.7 Å². The molecule has 0 radical (unpaired) electrons. The fourth-order valence-electron chi connectivity index (χ4n) is 2.61. The molecule has 8 heteroatoms. The van der Waals surface area contributed by atoms with E-state index in [0.29, 0.717) is 11.3 Å². The number of hydrogen-bond acceptors (Lipinski definition) is 4. The van der Waals surface area contributed by atoms with Gasteiger partial charge in [0.2, 0.25) is 10.0 Å².